The van der Waals surface area contributed by atoms with Gasteiger partial charge in [-0.3, -0.25) is 9.59 Å². The van der Waals surface area contributed by atoms with Crippen molar-refractivity contribution in [3.63, 3.8) is 0 Å². The maximum atomic E-state index is 12.2. The van der Waals surface area contributed by atoms with Gasteiger partial charge in [0.15, 0.2) is 5.12 Å². The average Bonchev–Trinajstić information content (AvgIpc) is 2.77. The van der Waals surface area contributed by atoms with Crippen molar-refractivity contribution in [1.29, 1.82) is 0 Å². The standard InChI is InChI=1S/C14H15F2NO3S/c1-9(18)21-8-10-5-13(19)17(7-10)11-3-2-4-12(6-11)20-14(15)16/h2-4,6,10,14H,5,7-8H2,1H3. The quantitative estimate of drug-likeness (QED) is 0.838. The van der Waals surface area contributed by atoms with Crippen LogP contribution >= 0.6 is 11.8 Å². The molecule has 2 rings (SSSR count). The zero-order valence-electron chi connectivity index (χ0n) is 11.4. The topological polar surface area (TPSA) is 46.6 Å². The minimum absolute atomic E-state index is 0.0215. The number of ether oxygens (including phenoxy) is 1. The highest BCUT2D eigenvalue weighted by Gasteiger charge is 2.31. The van der Waals surface area contributed by atoms with Gasteiger partial charge in [0.2, 0.25) is 5.91 Å². The first-order valence-electron chi connectivity index (χ1n) is 6.44. The lowest BCUT2D eigenvalue weighted by Gasteiger charge is -2.17. The van der Waals surface area contributed by atoms with Crippen LogP contribution < -0.4 is 9.64 Å². The molecule has 4 nitrogen and oxygen atoms in total. The van der Waals surface area contributed by atoms with Gasteiger partial charge in [-0.1, -0.05) is 17.8 Å². The van der Waals surface area contributed by atoms with Crippen molar-refractivity contribution in [2.75, 3.05) is 17.2 Å². The van der Waals surface area contributed by atoms with Gasteiger partial charge in [-0.25, -0.2) is 0 Å². The Kier molecular flexibility index (Phi) is 5.17. The van der Waals surface area contributed by atoms with E-state index in [-0.39, 0.29) is 22.7 Å². The van der Waals surface area contributed by atoms with Crippen molar-refractivity contribution in [2.45, 2.75) is 20.0 Å². The number of anilines is 1. The zero-order chi connectivity index (χ0) is 15.4. The number of nitrogens with zero attached hydrogens (tertiary/aromatic N) is 1. The third-order valence-corrected chi connectivity index (χ3v) is 4.13. The molecular weight excluding hydrogens is 300 g/mol. The molecule has 0 saturated carbocycles. The maximum absolute atomic E-state index is 12.2. The lowest BCUT2D eigenvalue weighted by Crippen LogP contribution is -2.24. The van der Waals surface area contributed by atoms with Crippen LogP contribution in [0.1, 0.15) is 13.3 Å². The Morgan fingerprint density at radius 3 is 2.95 bits per heavy atom. The van der Waals surface area contributed by atoms with Crippen LogP contribution in [0, 0.1) is 5.92 Å². The highest BCUT2D eigenvalue weighted by atomic mass is 32.2. The van der Waals surface area contributed by atoms with Crippen LogP contribution in [-0.4, -0.2) is 29.9 Å². The summed E-state index contributed by atoms with van der Waals surface area (Å²) in [6.45, 7) is -0.920. The summed E-state index contributed by atoms with van der Waals surface area (Å²) in [4.78, 5) is 24.5. The first-order valence-corrected chi connectivity index (χ1v) is 7.43. The van der Waals surface area contributed by atoms with E-state index in [4.69, 9.17) is 0 Å². The fourth-order valence-corrected chi connectivity index (χ4v) is 2.90. The first-order chi connectivity index (χ1) is 9.95. The van der Waals surface area contributed by atoms with E-state index in [0.717, 1.165) is 0 Å². The minimum atomic E-state index is -2.89. The third kappa shape index (κ3) is 4.42. The van der Waals surface area contributed by atoms with Crippen molar-refractivity contribution >= 4 is 28.5 Å². The summed E-state index contributed by atoms with van der Waals surface area (Å²) in [5, 5.41) is 0.0215. The number of rotatable bonds is 5. The largest absolute Gasteiger partial charge is 0.435 e. The smallest absolute Gasteiger partial charge is 0.387 e. The molecule has 1 aromatic carbocycles. The van der Waals surface area contributed by atoms with Crippen molar-refractivity contribution in [3.8, 4) is 5.75 Å². The summed E-state index contributed by atoms with van der Waals surface area (Å²) in [6.07, 6.45) is 0.361. The molecule has 114 valence electrons. The molecule has 7 heteroatoms. The molecular formula is C14H15F2NO3S. The second-order valence-corrected chi connectivity index (χ2v) is 5.95. The summed E-state index contributed by atoms with van der Waals surface area (Å²) >= 11 is 1.20. The van der Waals surface area contributed by atoms with Crippen molar-refractivity contribution in [2.24, 2.45) is 5.92 Å². The van der Waals surface area contributed by atoms with E-state index in [0.29, 0.717) is 24.4 Å². The molecule has 1 atom stereocenters. The highest BCUT2D eigenvalue weighted by Crippen LogP contribution is 2.30. The Morgan fingerprint density at radius 2 is 2.29 bits per heavy atom. The molecule has 1 aliphatic heterocycles. The second kappa shape index (κ2) is 6.89. The van der Waals surface area contributed by atoms with Gasteiger partial charge >= 0.3 is 6.61 Å². The Hall–Kier alpha value is -1.63. The average molecular weight is 315 g/mol. The molecule has 1 fully saturated rings. The lowest BCUT2D eigenvalue weighted by molar-refractivity contribution is -0.117. The van der Waals surface area contributed by atoms with E-state index < -0.39 is 6.61 Å². The Bertz CT molecular complexity index is 539. The number of carbonyl (C=O) groups excluding carboxylic acids is 2. The minimum Gasteiger partial charge on any atom is -0.435 e. The summed E-state index contributed by atoms with van der Waals surface area (Å²) < 4.78 is 28.7. The molecule has 0 bridgehead atoms. The van der Waals surface area contributed by atoms with Crippen molar-refractivity contribution in [1.82, 2.24) is 0 Å². The Balaban J connectivity index is 2.04. The zero-order valence-corrected chi connectivity index (χ0v) is 12.2. The summed E-state index contributed by atoms with van der Waals surface area (Å²) in [7, 11) is 0. The van der Waals surface area contributed by atoms with Gasteiger partial charge in [-0.15, -0.1) is 0 Å². The van der Waals surface area contributed by atoms with Crippen LogP contribution in [0.3, 0.4) is 0 Å². The van der Waals surface area contributed by atoms with Crippen LogP contribution in [0.15, 0.2) is 24.3 Å². The van der Waals surface area contributed by atoms with Crippen LogP contribution in [0.5, 0.6) is 5.75 Å². The van der Waals surface area contributed by atoms with Crippen LogP contribution in [0.25, 0.3) is 0 Å². The van der Waals surface area contributed by atoms with Gasteiger partial charge in [0.05, 0.1) is 0 Å². The fourth-order valence-electron chi connectivity index (χ4n) is 2.21. The second-order valence-electron chi connectivity index (χ2n) is 4.75. The molecule has 1 heterocycles. The fraction of sp³-hybridized carbons (Fsp3) is 0.429. The summed E-state index contributed by atoms with van der Waals surface area (Å²) in [5.41, 5.74) is 0.536. The molecule has 1 aromatic rings. The number of halogens is 2. The first kappa shape index (κ1) is 15.8. The van der Waals surface area contributed by atoms with E-state index in [1.54, 1.807) is 17.0 Å². The van der Waals surface area contributed by atoms with Gasteiger partial charge in [0, 0.05) is 37.4 Å². The molecule has 1 unspecified atom stereocenters. The number of hydrogen-bond acceptors (Lipinski definition) is 4. The number of thioether (sulfide) groups is 1. The van der Waals surface area contributed by atoms with E-state index in [9.17, 15) is 18.4 Å². The highest BCUT2D eigenvalue weighted by molar-refractivity contribution is 8.13. The van der Waals surface area contributed by atoms with Gasteiger partial charge in [0.1, 0.15) is 5.75 Å². The van der Waals surface area contributed by atoms with Gasteiger partial charge < -0.3 is 9.64 Å². The van der Waals surface area contributed by atoms with E-state index >= 15 is 0 Å². The molecule has 0 spiro atoms. The summed E-state index contributed by atoms with van der Waals surface area (Å²) in [6, 6.07) is 6.08. The lowest BCUT2D eigenvalue weighted by atomic mass is 10.1. The molecule has 1 amide bonds. The predicted octanol–water partition coefficient (Wildman–Crippen LogP) is 2.92. The Morgan fingerprint density at radius 1 is 1.52 bits per heavy atom. The monoisotopic (exact) mass is 315 g/mol. The van der Waals surface area contributed by atoms with E-state index in [2.05, 4.69) is 4.74 Å². The van der Waals surface area contributed by atoms with Crippen molar-refractivity contribution < 1.29 is 23.1 Å². The number of alkyl halides is 2. The van der Waals surface area contributed by atoms with Gasteiger partial charge in [0.25, 0.3) is 0 Å². The SMILES string of the molecule is CC(=O)SCC1CC(=O)N(c2cccc(OC(F)F)c2)C1. The molecule has 0 N–H and O–H groups in total. The van der Waals surface area contributed by atoms with Crippen LogP contribution in [-0.2, 0) is 9.59 Å². The third-order valence-electron chi connectivity index (χ3n) is 3.08. The van der Waals surface area contributed by atoms with Crippen LogP contribution in [0.2, 0.25) is 0 Å². The molecule has 21 heavy (non-hydrogen) atoms. The molecule has 0 aliphatic carbocycles. The summed E-state index contributed by atoms with van der Waals surface area (Å²) in [5.74, 6) is 0.631. The van der Waals surface area contributed by atoms with Gasteiger partial charge in [-0.2, -0.15) is 8.78 Å². The number of carbonyl (C=O) groups is 2. The van der Waals surface area contributed by atoms with Crippen molar-refractivity contribution in [3.05, 3.63) is 24.3 Å². The molecule has 0 aromatic heterocycles. The van der Waals surface area contributed by atoms with Gasteiger partial charge in [-0.05, 0) is 18.1 Å². The molecule has 1 aliphatic rings. The predicted molar refractivity (Wildman–Crippen MR) is 76.7 cm³/mol. The van der Waals surface area contributed by atoms with E-state index in [1.165, 1.54) is 30.8 Å². The van der Waals surface area contributed by atoms with Crippen LogP contribution in [0.4, 0.5) is 14.5 Å². The maximum Gasteiger partial charge on any atom is 0.387 e. The molecule has 1 saturated heterocycles. The number of amides is 1. The Labute approximate surface area is 125 Å². The molecule has 0 radical (unpaired) electrons. The van der Waals surface area contributed by atoms with E-state index in [1.807, 2.05) is 0 Å². The number of benzene rings is 1. The number of hydrogen-bond donors (Lipinski definition) is 0. The normalized spacial score (nSPS) is 18.4.